The van der Waals surface area contributed by atoms with Crippen LogP contribution in [0.15, 0.2) is 54.7 Å². The quantitative estimate of drug-likeness (QED) is 0.660. The normalized spacial score (nSPS) is 10.9. The van der Waals surface area contributed by atoms with Crippen LogP contribution in [0.4, 0.5) is 0 Å². The molecule has 0 unspecified atom stereocenters. The molecule has 0 radical (unpaired) electrons. The van der Waals surface area contributed by atoms with Gasteiger partial charge >= 0.3 is 0 Å². The number of nitrogens with one attached hydrogen (secondary N) is 1. The van der Waals surface area contributed by atoms with E-state index in [0.717, 1.165) is 6.42 Å². The summed E-state index contributed by atoms with van der Waals surface area (Å²) in [6, 6.07) is 17.3. The van der Waals surface area contributed by atoms with Crippen LogP contribution in [0.2, 0.25) is 0 Å². The molecule has 1 N–H and O–H groups in total. The van der Waals surface area contributed by atoms with Gasteiger partial charge in [0, 0.05) is 11.7 Å². The molecule has 1 aromatic heterocycles. The minimum Gasteiger partial charge on any atom is -0.361 e. The lowest BCUT2D eigenvalue weighted by Gasteiger charge is -2.08. The molecule has 84 valence electrons. The number of hydrogen-bond acceptors (Lipinski definition) is 0. The van der Waals surface area contributed by atoms with Gasteiger partial charge in [-0.05, 0) is 46.7 Å². The molecule has 0 fully saturated rings. The van der Waals surface area contributed by atoms with E-state index in [1.165, 1.54) is 27.6 Å². The monoisotopic (exact) mass is 221 g/mol. The van der Waals surface area contributed by atoms with E-state index in [9.17, 15) is 0 Å². The van der Waals surface area contributed by atoms with E-state index in [1.54, 1.807) is 0 Å². The molecule has 0 spiro atoms. The van der Waals surface area contributed by atoms with Gasteiger partial charge in [-0.2, -0.15) is 0 Å². The first-order chi connectivity index (χ1) is 8.38. The van der Waals surface area contributed by atoms with Gasteiger partial charge in [0.05, 0.1) is 0 Å². The number of aryl methyl sites for hydroxylation is 1. The highest BCUT2D eigenvalue weighted by Gasteiger charge is 2.06. The minimum absolute atomic E-state index is 1.05. The minimum atomic E-state index is 1.05. The second-order valence-corrected chi connectivity index (χ2v) is 4.29. The molecule has 0 aliphatic heterocycles. The van der Waals surface area contributed by atoms with Gasteiger partial charge in [-0.15, -0.1) is 0 Å². The Morgan fingerprint density at radius 1 is 1.00 bits per heavy atom. The lowest BCUT2D eigenvalue weighted by Crippen LogP contribution is -1.87. The summed E-state index contributed by atoms with van der Waals surface area (Å²) in [4.78, 5) is 3.27. The van der Waals surface area contributed by atoms with Crippen LogP contribution in [0.5, 0.6) is 0 Å². The summed E-state index contributed by atoms with van der Waals surface area (Å²) in [7, 11) is 0. The smallest absolute Gasteiger partial charge is 0.0457 e. The first-order valence-electron chi connectivity index (χ1n) is 6.04. The van der Waals surface area contributed by atoms with Gasteiger partial charge < -0.3 is 4.98 Å². The van der Waals surface area contributed by atoms with Crippen LogP contribution in [0.25, 0.3) is 22.0 Å². The number of hydrogen-bond donors (Lipinski definition) is 1. The highest BCUT2D eigenvalue weighted by atomic mass is 14.7. The van der Waals surface area contributed by atoms with E-state index in [2.05, 4.69) is 60.4 Å². The maximum atomic E-state index is 3.27. The van der Waals surface area contributed by atoms with Crippen molar-refractivity contribution < 1.29 is 0 Å². The Kier molecular flexibility index (Phi) is 2.45. The standard InChI is InChI=1S/C16H15N/c1-2-12-11-16-14(8-9-17-16)10-15(12)13-6-4-3-5-7-13/h3-11,17H,2H2,1H3. The second-order valence-electron chi connectivity index (χ2n) is 4.29. The van der Waals surface area contributed by atoms with Gasteiger partial charge in [0.2, 0.25) is 0 Å². The van der Waals surface area contributed by atoms with Crippen molar-refractivity contribution in [1.29, 1.82) is 0 Å². The number of aromatic amines is 1. The molecule has 0 aliphatic carbocycles. The Morgan fingerprint density at radius 2 is 1.82 bits per heavy atom. The van der Waals surface area contributed by atoms with Crippen LogP contribution in [0, 0.1) is 0 Å². The van der Waals surface area contributed by atoms with Gasteiger partial charge in [0.25, 0.3) is 0 Å². The molecule has 3 rings (SSSR count). The molecular weight excluding hydrogens is 206 g/mol. The summed E-state index contributed by atoms with van der Waals surface area (Å²) in [6.45, 7) is 2.20. The molecule has 17 heavy (non-hydrogen) atoms. The lowest BCUT2D eigenvalue weighted by atomic mass is 9.96. The molecule has 1 heteroatoms. The highest BCUT2D eigenvalue weighted by molar-refractivity contribution is 5.87. The maximum absolute atomic E-state index is 3.27. The molecule has 3 aromatic rings. The average Bonchev–Trinajstić information content (AvgIpc) is 2.85. The van der Waals surface area contributed by atoms with Crippen LogP contribution in [0.3, 0.4) is 0 Å². The first kappa shape index (κ1) is 10.2. The van der Waals surface area contributed by atoms with Crippen molar-refractivity contribution in [3.63, 3.8) is 0 Å². The summed E-state index contributed by atoms with van der Waals surface area (Å²) < 4.78 is 0. The van der Waals surface area contributed by atoms with Crippen LogP contribution < -0.4 is 0 Å². The van der Waals surface area contributed by atoms with E-state index in [-0.39, 0.29) is 0 Å². The SMILES string of the molecule is CCc1cc2[nH]ccc2cc1-c1ccccc1. The van der Waals surface area contributed by atoms with Crippen molar-refractivity contribution >= 4 is 10.9 Å². The fourth-order valence-electron chi connectivity index (χ4n) is 2.32. The molecule has 0 atom stereocenters. The van der Waals surface area contributed by atoms with Crippen LogP contribution in [-0.2, 0) is 6.42 Å². The Labute approximate surface area is 101 Å². The van der Waals surface area contributed by atoms with E-state index in [4.69, 9.17) is 0 Å². The van der Waals surface area contributed by atoms with Gasteiger partial charge in [-0.1, -0.05) is 37.3 Å². The Hall–Kier alpha value is -2.02. The summed E-state index contributed by atoms with van der Waals surface area (Å²) in [5.41, 5.74) is 5.26. The van der Waals surface area contributed by atoms with Crippen molar-refractivity contribution in [2.45, 2.75) is 13.3 Å². The molecule has 0 saturated carbocycles. The van der Waals surface area contributed by atoms with E-state index in [0.29, 0.717) is 0 Å². The zero-order valence-corrected chi connectivity index (χ0v) is 9.90. The Morgan fingerprint density at radius 3 is 2.59 bits per heavy atom. The van der Waals surface area contributed by atoms with E-state index >= 15 is 0 Å². The second kappa shape index (κ2) is 4.10. The summed E-state index contributed by atoms with van der Waals surface area (Å²) in [5.74, 6) is 0. The number of H-pyrrole nitrogens is 1. The van der Waals surface area contributed by atoms with E-state index in [1.807, 2.05) is 6.20 Å². The maximum Gasteiger partial charge on any atom is 0.0457 e. The predicted molar refractivity (Wildman–Crippen MR) is 73.1 cm³/mol. The molecule has 0 amide bonds. The highest BCUT2D eigenvalue weighted by Crippen LogP contribution is 2.28. The molecule has 0 saturated heterocycles. The van der Waals surface area contributed by atoms with Gasteiger partial charge in [0.1, 0.15) is 0 Å². The third kappa shape index (κ3) is 1.74. The molecule has 0 aliphatic rings. The first-order valence-corrected chi connectivity index (χ1v) is 6.04. The molecule has 1 nitrogen and oxygen atoms in total. The number of benzene rings is 2. The summed E-state index contributed by atoms with van der Waals surface area (Å²) in [6.07, 6.45) is 3.05. The van der Waals surface area contributed by atoms with Gasteiger partial charge in [0.15, 0.2) is 0 Å². The molecular formula is C16H15N. The molecule has 2 aromatic carbocycles. The summed E-state index contributed by atoms with van der Waals surface area (Å²) in [5, 5.41) is 1.28. The number of rotatable bonds is 2. The zero-order chi connectivity index (χ0) is 11.7. The summed E-state index contributed by atoms with van der Waals surface area (Å²) >= 11 is 0. The van der Waals surface area contributed by atoms with Crippen molar-refractivity contribution in [2.75, 3.05) is 0 Å². The fourth-order valence-corrected chi connectivity index (χ4v) is 2.32. The number of aromatic nitrogens is 1. The van der Waals surface area contributed by atoms with Gasteiger partial charge in [-0.3, -0.25) is 0 Å². The fraction of sp³-hybridized carbons (Fsp3) is 0.125. The Balaban J connectivity index is 2.26. The lowest BCUT2D eigenvalue weighted by molar-refractivity contribution is 1.15. The van der Waals surface area contributed by atoms with Gasteiger partial charge in [-0.25, -0.2) is 0 Å². The molecule has 1 heterocycles. The molecule has 0 bridgehead atoms. The van der Waals surface area contributed by atoms with Crippen molar-refractivity contribution in [2.24, 2.45) is 0 Å². The topological polar surface area (TPSA) is 15.8 Å². The third-order valence-corrected chi connectivity index (χ3v) is 3.24. The third-order valence-electron chi connectivity index (χ3n) is 3.24. The predicted octanol–water partition coefficient (Wildman–Crippen LogP) is 4.40. The average molecular weight is 221 g/mol. The van der Waals surface area contributed by atoms with Crippen LogP contribution in [0.1, 0.15) is 12.5 Å². The number of fused-ring (bicyclic) bond motifs is 1. The van der Waals surface area contributed by atoms with Crippen molar-refractivity contribution in [3.05, 3.63) is 60.3 Å². The van der Waals surface area contributed by atoms with Crippen LogP contribution >= 0.6 is 0 Å². The van der Waals surface area contributed by atoms with Crippen molar-refractivity contribution in [1.82, 2.24) is 4.98 Å². The van der Waals surface area contributed by atoms with Crippen LogP contribution in [-0.4, -0.2) is 4.98 Å². The van der Waals surface area contributed by atoms with Crippen molar-refractivity contribution in [3.8, 4) is 11.1 Å². The largest absolute Gasteiger partial charge is 0.361 e. The Bertz CT molecular complexity index is 635. The van der Waals surface area contributed by atoms with E-state index < -0.39 is 0 Å². The zero-order valence-electron chi connectivity index (χ0n) is 9.90.